The second-order valence-corrected chi connectivity index (χ2v) is 6.98. The van der Waals surface area contributed by atoms with Crippen LogP contribution in [0.25, 0.3) is 0 Å². The predicted octanol–water partition coefficient (Wildman–Crippen LogP) is 2.46. The van der Waals surface area contributed by atoms with E-state index in [0.717, 1.165) is 18.8 Å². The van der Waals surface area contributed by atoms with Crippen molar-refractivity contribution in [2.24, 2.45) is 17.8 Å². The molecule has 1 aliphatic heterocycles. The molecule has 2 aliphatic carbocycles. The van der Waals surface area contributed by atoms with E-state index < -0.39 is 11.9 Å². The Balaban J connectivity index is 1.45. The van der Waals surface area contributed by atoms with Gasteiger partial charge in [0, 0.05) is 19.1 Å². The molecule has 1 heterocycles. The summed E-state index contributed by atoms with van der Waals surface area (Å²) in [4.78, 5) is 25.0. The number of carboxylic acids is 1. The first kappa shape index (κ1) is 14.7. The molecule has 2 saturated carbocycles. The van der Waals surface area contributed by atoms with Gasteiger partial charge in [-0.25, -0.2) is 4.79 Å². The summed E-state index contributed by atoms with van der Waals surface area (Å²) in [6.45, 7) is 1.05. The monoisotopic (exact) mass is 294 g/mol. The summed E-state index contributed by atoms with van der Waals surface area (Å²) in [5.41, 5.74) is 0. The van der Waals surface area contributed by atoms with Crippen molar-refractivity contribution in [1.82, 2.24) is 10.2 Å². The standard InChI is InChI=1S/C16H26N2O3/c19-15(20)12-7-4-8-18(10-12)16(21)17-14-9-13(14)11-5-2-1-3-6-11/h11-14H,1-10H2,(H,17,21)(H,19,20). The van der Waals surface area contributed by atoms with Gasteiger partial charge in [0.15, 0.2) is 0 Å². The second kappa shape index (κ2) is 6.24. The molecule has 0 bridgehead atoms. The molecule has 5 nitrogen and oxygen atoms in total. The highest BCUT2D eigenvalue weighted by atomic mass is 16.4. The van der Waals surface area contributed by atoms with Crippen LogP contribution in [0.15, 0.2) is 0 Å². The minimum absolute atomic E-state index is 0.0516. The molecule has 3 atom stereocenters. The van der Waals surface area contributed by atoms with Gasteiger partial charge < -0.3 is 15.3 Å². The minimum atomic E-state index is -0.779. The molecule has 0 spiro atoms. The zero-order chi connectivity index (χ0) is 14.8. The molecule has 0 radical (unpaired) electrons. The first-order valence-corrected chi connectivity index (χ1v) is 8.43. The third-order valence-corrected chi connectivity index (χ3v) is 5.46. The van der Waals surface area contributed by atoms with Crippen LogP contribution < -0.4 is 5.32 Å². The van der Waals surface area contributed by atoms with Gasteiger partial charge in [-0.05, 0) is 31.1 Å². The molecule has 0 aromatic heterocycles. The summed E-state index contributed by atoms with van der Waals surface area (Å²) >= 11 is 0. The van der Waals surface area contributed by atoms with Gasteiger partial charge in [0.1, 0.15) is 0 Å². The van der Waals surface area contributed by atoms with E-state index >= 15 is 0 Å². The number of hydrogen-bond acceptors (Lipinski definition) is 2. The number of likely N-dealkylation sites (tertiary alicyclic amines) is 1. The Labute approximate surface area is 126 Å². The van der Waals surface area contributed by atoms with Crippen LogP contribution in [0.2, 0.25) is 0 Å². The highest BCUT2D eigenvalue weighted by molar-refractivity contribution is 5.77. The molecule has 1 saturated heterocycles. The Hall–Kier alpha value is -1.26. The van der Waals surface area contributed by atoms with Gasteiger partial charge in [-0.15, -0.1) is 0 Å². The third kappa shape index (κ3) is 3.50. The average Bonchev–Trinajstić information content (AvgIpc) is 3.27. The zero-order valence-electron chi connectivity index (χ0n) is 12.6. The summed E-state index contributed by atoms with van der Waals surface area (Å²) in [5, 5.41) is 12.2. The van der Waals surface area contributed by atoms with Gasteiger partial charge in [-0.1, -0.05) is 32.1 Å². The summed E-state index contributed by atoms with van der Waals surface area (Å²) in [6.07, 6.45) is 9.29. The van der Waals surface area contributed by atoms with E-state index in [1.165, 1.54) is 32.1 Å². The van der Waals surface area contributed by atoms with Crippen molar-refractivity contribution in [3.8, 4) is 0 Å². The maximum atomic E-state index is 12.3. The van der Waals surface area contributed by atoms with E-state index in [2.05, 4.69) is 5.32 Å². The van der Waals surface area contributed by atoms with Crippen molar-refractivity contribution >= 4 is 12.0 Å². The SMILES string of the molecule is O=C(O)C1CCCN(C(=O)NC2CC2C2CCCCC2)C1. The fourth-order valence-corrected chi connectivity index (χ4v) is 4.08. The fourth-order valence-electron chi connectivity index (χ4n) is 4.08. The second-order valence-electron chi connectivity index (χ2n) is 6.98. The Morgan fingerprint density at radius 3 is 2.52 bits per heavy atom. The van der Waals surface area contributed by atoms with Crippen LogP contribution in [0.3, 0.4) is 0 Å². The highest BCUT2D eigenvalue weighted by Gasteiger charge is 2.44. The van der Waals surface area contributed by atoms with Crippen molar-refractivity contribution in [1.29, 1.82) is 0 Å². The lowest BCUT2D eigenvalue weighted by molar-refractivity contribution is -0.143. The van der Waals surface area contributed by atoms with Crippen LogP contribution >= 0.6 is 0 Å². The molecule has 0 aromatic carbocycles. The Bertz CT molecular complexity index is 406. The number of rotatable bonds is 3. The molecule has 3 unspecified atom stereocenters. The predicted molar refractivity (Wildman–Crippen MR) is 78.9 cm³/mol. The van der Waals surface area contributed by atoms with Crippen LogP contribution in [0.5, 0.6) is 0 Å². The highest BCUT2D eigenvalue weighted by Crippen LogP contribution is 2.44. The normalized spacial score (nSPS) is 33.5. The van der Waals surface area contributed by atoms with Crippen molar-refractivity contribution in [2.45, 2.75) is 57.4 Å². The summed E-state index contributed by atoms with van der Waals surface area (Å²) < 4.78 is 0. The number of piperidine rings is 1. The van der Waals surface area contributed by atoms with Crippen molar-refractivity contribution in [3.05, 3.63) is 0 Å². The maximum Gasteiger partial charge on any atom is 0.317 e. The number of nitrogens with zero attached hydrogens (tertiary/aromatic N) is 1. The van der Waals surface area contributed by atoms with E-state index in [1.807, 2.05) is 0 Å². The molecule has 3 rings (SSSR count). The number of carbonyl (C=O) groups is 2. The number of hydrogen-bond donors (Lipinski definition) is 2. The Kier molecular flexibility index (Phi) is 4.36. The van der Waals surface area contributed by atoms with E-state index in [0.29, 0.717) is 31.5 Å². The molecule has 2 amide bonds. The van der Waals surface area contributed by atoms with E-state index in [-0.39, 0.29) is 6.03 Å². The minimum Gasteiger partial charge on any atom is -0.481 e. The van der Waals surface area contributed by atoms with E-state index in [4.69, 9.17) is 5.11 Å². The number of carbonyl (C=O) groups excluding carboxylic acids is 1. The average molecular weight is 294 g/mol. The van der Waals surface area contributed by atoms with Gasteiger partial charge in [0.05, 0.1) is 5.92 Å². The molecule has 5 heteroatoms. The van der Waals surface area contributed by atoms with Crippen molar-refractivity contribution < 1.29 is 14.7 Å². The van der Waals surface area contributed by atoms with E-state index in [1.54, 1.807) is 4.90 Å². The Morgan fingerprint density at radius 1 is 1.05 bits per heavy atom. The van der Waals surface area contributed by atoms with E-state index in [9.17, 15) is 9.59 Å². The third-order valence-electron chi connectivity index (χ3n) is 5.46. The fraction of sp³-hybridized carbons (Fsp3) is 0.875. The molecule has 118 valence electrons. The lowest BCUT2D eigenvalue weighted by Crippen LogP contribution is -2.48. The summed E-state index contributed by atoms with van der Waals surface area (Å²) in [5.74, 6) is 0.309. The molecule has 0 aromatic rings. The number of nitrogens with one attached hydrogen (secondary N) is 1. The van der Waals surface area contributed by atoms with Gasteiger partial charge in [0.2, 0.25) is 0 Å². The number of amides is 2. The first-order valence-electron chi connectivity index (χ1n) is 8.43. The first-order chi connectivity index (χ1) is 10.1. The van der Waals surface area contributed by atoms with Crippen LogP contribution in [0.4, 0.5) is 4.79 Å². The lowest BCUT2D eigenvalue weighted by atomic mass is 9.85. The molecule has 3 aliphatic rings. The summed E-state index contributed by atoms with van der Waals surface area (Å²) in [7, 11) is 0. The largest absolute Gasteiger partial charge is 0.481 e. The van der Waals surface area contributed by atoms with Crippen LogP contribution in [0.1, 0.15) is 51.4 Å². The summed E-state index contributed by atoms with van der Waals surface area (Å²) in [6, 6.07) is 0.287. The maximum absolute atomic E-state index is 12.3. The Morgan fingerprint density at radius 2 is 1.81 bits per heavy atom. The molecular formula is C16H26N2O3. The molecule has 21 heavy (non-hydrogen) atoms. The van der Waals surface area contributed by atoms with Crippen LogP contribution in [-0.2, 0) is 4.79 Å². The smallest absolute Gasteiger partial charge is 0.317 e. The zero-order valence-corrected chi connectivity index (χ0v) is 12.6. The molecule has 3 fully saturated rings. The number of urea groups is 1. The topological polar surface area (TPSA) is 69.6 Å². The van der Waals surface area contributed by atoms with Gasteiger partial charge in [-0.3, -0.25) is 4.79 Å². The number of aliphatic carboxylic acids is 1. The van der Waals surface area contributed by atoms with Gasteiger partial charge >= 0.3 is 12.0 Å². The van der Waals surface area contributed by atoms with Gasteiger partial charge in [0.25, 0.3) is 0 Å². The molecule has 2 N–H and O–H groups in total. The lowest BCUT2D eigenvalue weighted by Gasteiger charge is -2.31. The van der Waals surface area contributed by atoms with Crippen LogP contribution in [-0.4, -0.2) is 41.1 Å². The quantitative estimate of drug-likeness (QED) is 0.840. The van der Waals surface area contributed by atoms with Crippen molar-refractivity contribution in [2.75, 3.05) is 13.1 Å². The van der Waals surface area contributed by atoms with Crippen molar-refractivity contribution in [3.63, 3.8) is 0 Å². The van der Waals surface area contributed by atoms with Gasteiger partial charge in [-0.2, -0.15) is 0 Å². The van der Waals surface area contributed by atoms with Crippen LogP contribution in [0, 0.1) is 17.8 Å². The number of carboxylic acid groups (broad SMARTS) is 1. The molecular weight excluding hydrogens is 268 g/mol.